The second-order valence-electron chi connectivity index (χ2n) is 6.77. The van der Waals surface area contributed by atoms with E-state index in [2.05, 4.69) is 10.6 Å². The van der Waals surface area contributed by atoms with E-state index in [4.69, 9.17) is 16.0 Å². The Morgan fingerprint density at radius 2 is 1.71 bits per heavy atom. The number of furan rings is 1. The first-order valence-corrected chi connectivity index (χ1v) is 9.98. The lowest BCUT2D eigenvalue weighted by atomic mass is 10.2. The lowest BCUT2D eigenvalue weighted by Gasteiger charge is -2.12. The third-order valence-corrected chi connectivity index (χ3v) is 5.03. The van der Waals surface area contributed by atoms with Crippen molar-refractivity contribution in [3.05, 3.63) is 82.1 Å². The number of nitrogens with one attached hydrogen (secondary N) is 2. The van der Waals surface area contributed by atoms with E-state index in [9.17, 15) is 14.4 Å². The fraction of sp³-hybridized carbons (Fsp3) is 0.136. The molecular weight excluding hydrogens is 420 g/mol. The van der Waals surface area contributed by atoms with E-state index in [0.29, 0.717) is 28.5 Å². The molecule has 8 nitrogen and oxygen atoms in total. The number of carbonyl (C=O) groups is 2. The third-order valence-electron chi connectivity index (χ3n) is 4.79. The summed E-state index contributed by atoms with van der Waals surface area (Å²) in [5.41, 5.74) is 1.83. The summed E-state index contributed by atoms with van der Waals surface area (Å²) in [7, 11) is 0. The molecule has 158 valence electrons. The van der Waals surface area contributed by atoms with Crippen molar-refractivity contribution in [2.75, 3.05) is 10.6 Å². The van der Waals surface area contributed by atoms with Crippen molar-refractivity contribution in [3.63, 3.8) is 0 Å². The van der Waals surface area contributed by atoms with Crippen LogP contribution >= 0.6 is 11.6 Å². The number of nitrogens with zero attached hydrogens (tertiary/aromatic N) is 2. The lowest BCUT2D eigenvalue weighted by Crippen LogP contribution is -2.29. The van der Waals surface area contributed by atoms with Crippen LogP contribution in [0, 0.1) is 0 Å². The lowest BCUT2D eigenvalue weighted by molar-refractivity contribution is -0.116. The van der Waals surface area contributed by atoms with Crippen LogP contribution < -0.4 is 16.3 Å². The van der Waals surface area contributed by atoms with E-state index >= 15 is 0 Å². The van der Waals surface area contributed by atoms with Crippen LogP contribution in [0.5, 0.6) is 0 Å². The fourth-order valence-electron chi connectivity index (χ4n) is 3.38. The molecule has 0 aliphatic carbocycles. The van der Waals surface area contributed by atoms with Gasteiger partial charge in [-0.25, -0.2) is 4.79 Å². The molecule has 0 aliphatic rings. The minimum atomic E-state index is -0.481. The molecule has 2 heterocycles. The number of anilines is 2. The van der Waals surface area contributed by atoms with Gasteiger partial charge in [0.25, 0.3) is 5.91 Å². The number of para-hydroxylation sites is 2. The number of amides is 2. The molecule has 31 heavy (non-hydrogen) atoms. The number of imidazole rings is 1. The average molecular weight is 439 g/mol. The van der Waals surface area contributed by atoms with Crippen molar-refractivity contribution in [1.29, 1.82) is 0 Å². The van der Waals surface area contributed by atoms with Gasteiger partial charge in [-0.15, -0.1) is 0 Å². The number of fused-ring (bicyclic) bond motifs is 1. The molecule has 0 spiro atoms. The van der Waals surface area contributed by atoms with Gasteiger partial charge >= 0.3 is 5.69 Å². The summed E-state index contributed by atoms with van der Waals surface area (Å²) in [6, 6.07) is 15.1. The predicted octanol–water partition coefficient (Wildman–Crippen LogP) is 3.96. The number of hydrogen-bond acceptors (Lipinski definition) is 4. The quantitative estimate of drug-likeness (QED) is 0.476. The van der Waals surface area contributed by atoms with Gasteiger partial charge in [-0.2, -0.15) is 0 Å². The van der Waals surface area contributed by atoms with Crippen LogP contribution in [-0.2, 0) is 17.9 Å². The zero-order chi connectivity index (χ0) is 22.0. The molecule has 0 atom stereocenters. The van der Waals surface area contributed by atoms with E-state index in [-0.39, 0.29) is 18.0 Å². The van der Waals surface area contributed by atoms with Crippen LogP contribution in [-0.4, -0.2) is 20.9 Å². The highest BCUT2D eigenvalue weighted by molar-refractivity contribution is 6.31. The van der Waals surface area contributed by atoms with Crippen molar-refractivity contribution in [1.82, 2.24) is 9.13 Å². The molecule has 0 unspecified atom stereocenters. The zero-order valence-corrected chi connectivity index (χ0v) is 17.3. The van der Waals surface area contributed by atoms with Crippen LogP contribution in [0.1, 0.15) is 17.5 Å². The largest absolute Gasteiger partial charge is 0.459 e. The predicted molar refractivity (Wildman–Crippen MR) is 119 cm³/mol. The molecule has 0 fully saturated rings. The Hall–Kier alpha value is -3.78. The summed E-state index contributed by atoms with van der Waals surface area (Å²) in [5.74, 6) is -0.780. The maximum atomic E-state index is 12.8. The van der Waals surface area contributed by atoms with Gasteiger partial charge in [0.2, 0.25) is 5.91 Å². The van der Waals surface area contributed by atoms with Gasteiger partial charge in [0.05, 0.1) is 28.7 Å². The molecule has 0 radical (unpaired) electrons. The topological polar surface area (TPSA) is 98.3 Å². The molecule has 2 aromatic heterocycles. The smallest absolute Gasteiger partial charge is 0.329 e. The summed E-state index contributed by atoms with van der Waals surface area (Å²) in [4.78, 5) is 37.9. The molecule has 2 aromatic carbocycles. The molecule has 9 heteroatoms. The van der Waals surface area contributed by atoms with Gasteiger partial charge < -0.3 is 15.1 Å². The molecule has 0 saturated heterocycles. The number of benzene rings is 2. The minimum absolute atomic E-state index is 0.121. The third kappa shape index (κ3) is 4.10. The summed E-state index contributed by atoms with van der Waals surface area (Å²) in [6.07, 6.45) is 1.39. The van der Waals surface area contributed by atoms with Crippen molar-refractivity contribution in [2.45, 2.75) is 20.0 Å². The molecule has 0 saturated carbocycles. The van der Waals surface area contributed by atoms with Crippen LogP contribution in [0.4, 0.5) is 11.4 Å². The summed E-state index contributed by atoms with van der Waals surface area (Å²) >= 11 is 6.06. The Bertz CT molecular complexity index is 1320. The van der Waals surface area contributed by atoms with Crippen LogP contribution in [0.15, 0.2) is 70.1 Å². The van der Waals surface area contributed by atoms with Crippen LogP contribution in [0.25, 0.3) is 11.0 Å². The first-order valence-electron chi connectivity index (χ1n) is 9.60. The molecular formula is C22H19ClN4O4. The maximum absolute atomic E-state index is 12.8. The highest BCUT2D eigenvalue weighted by atomic mass is 35.5. The van der Waals surface area contributed by atoms with Crippen molar-refractivity contribution in [2.24, 2.45) is 0 Å². The number of aryl methyl sites for hydroxylation is 1. The summed E-state index contributed by atoms with van der Waals surface area (Å²) < 4.78 is 8.12. The first-order chi connectivity index (χ1) is 15.0. The normalized spacial score (nSPS) is 10.9. The Morgan fingerprint density at radius 3 is 2.39 bits per heavy atom. The Kier molecular flexibility index (Phi) is 5.64. The number of rotatable bonds is 6. The molecule has 4 aromatic rings. The molecule has 0 aliphatic heterocycles. The molecule has 4 rings (SSSR count). The van der Waals surface area contributed by atoms with Crippen LogP contribution in [0.2, 0.25) is 5.02 Å². The highest BCUT2D eigenvalue weighted by Gasteiger charge is 2.17. The minimum Gasteiger partial charge on any atom is -0.459 e. The van der Waals surface area contributed by atoms with Gasteiger partial charge in [0.15, 0.2) is 5.76 Å². The second-order valence-corrected chi connectivity index (χ2v) is 7.21. The van der Waals surface area contributed by atoms with Crippen molar-refractivity contribution >= 4 is 45.8 Å². The molecule has 2 N–H and O–H groups in total. The number of carbonyl (C=O) groups excluding carboxylic acids is 2. The van der Waals surface area contributed by atoms with Crippen molar-refractivity contribution < 1.29 is 14.0 Å². The van der Waals surface area contributed by atoms with Gasteiger partial charge in [-0.05, 0) is 49.4 Å². The SMILES string of the molecule is CCn1c(=O)n(CC(=O)Nc2ccc(Cl)cc2NC(=O)c2ccco2)c2ccccc21. The second kappa shape index (κ2) is 8.53. The molecule has 2 amide bonds. The van der Waals surface area contributed by atoms with E-state index in [1.165, 1.54) is 23.0 Å². The van der Waals surface area contributed by atoms with E-state index < -0.39 is 11.8 Å². The zero-order valence-electron chi connectivity index (χ0n) is 16.6. The van der Waals surface area contributed by atoms with Gasteiger partial charge in [0, 0.05) is 11.6 Å². The van der Waals surface area contributed by atoms with E-state index in [1.807, 2.05) is 25.1 Å². The summed E-state index contributed by atoms with van der Waals surface area (Å²) in [5, 5.41) is 5.80. The summed E-state index contributed by atoms with van der Waals surface area (Å²) in [6.45, 7) is 2.19. The van der Waals surface area contributed by atoms with Gasteiger partial charge in [0.1, 0.15) is 6.54 Å². The standard InChI is InChI=1S/C22H19ClN4O4/c1-2-26-17-6-3-4-7-18(17)27(22(26)30)13-20(28)24-15-10-9-14(23)12-16(15)25-21(29)19-8-5-11-31-19/h3-12H,2,13H2,1H3,(H,24,28)(H,25,29). The Labute approximate surface area is 182 Å². The molecule has 0 bridgehead atoms. The fourth-order valence-corrected chi connectivity index (χ4v) is 3.56. The first kappa shape index (κ1) is 20.5. The van der Waals surface area contributed by atoms with E-state index in [1.54, 1.807) is 28.8 Å². The van der Waals surface area contributed by atoms with E-state index in [0.717, 1.165) is 5.52 Å². The monoisotopic (exact) mass is 438 g/mol. The van der Waals surface area contributed by atoms with Gasteiger partial charge in [-0.3, -0.25) is 18.7 Å². The number of aromatic nitrogens is 2. The maximum Gasteiger partial charge on any atom is 0.329 e. The average Bonchev–Trinajstić information content (AvgIpc) is 3.38. The number of hydrogen-bond donors (Lipinski definition) is 2. The van der Waals surface area contributed by atoms with Gasteiger partial charge in [-0.1, -0.05) is 23.7 Å². The van der Waals surface area contributed by atoms with Crippen molar-refractivity contribution in [3.8, 4) is 0 Å². The number of halogens is 1. The van der Waals surface area contributed by atoms with Crippen LogP contribution in [0.3, 0.4) is 0 Å². The Balaban J connectivity index is 1.59. The highest BCUT2D eigenvalue weighted by Crippen LogP contribution is 2.26. The Morgan fingerprint density at radius 1 is 0.968 bits per heavy atom.